The number of carbonyl (C=O) groups excluding carboxylic acids is 1. The predicted molar refractivity (Wildman–Crippen MR) is 93.0 cm³/mol. The first-order valence-electron chi connectivity index (χ1n) is 8.21. The van der Waals surface area contributed by atoms with E-state index in [-0.39, 0.29) is 30.1 Å². The zero-order valence-electron chi connectivity index (χ0n) is 14.1. The maximum absolute atomic E-state index is 12.8. The Labute approximate surface area is 139 Å². The highest BCUT2D eigenvalue weighted by atomic mass is 32.1. The van der Waals surface area contributed by atoms with Crippen molar-refractivity contribution in [2.24, 2.45) is 0 Å². The van der Waals surface area contributed by atoms with Gasteiger partial charge in [0.2, 0.25) is 5.91 Å². The van der Waals surface area contributed by atoms with Gasteiger partial charge in [-0.05, 0) is 52.5 Å². The monoisotopic (exact) mass is 333 g/mol. The highest BCUT2D eigenvalue weighted by Crippen LogP contribution is 2.34. The van der Waals surface area contributed by atoms with E-state index in [9.17, 15) is 9.59 Å². The molecule has 1 amide bonds. The molecular formula is C17H23N3O2S. The Morgan fingerprint density at radius 1 is 1.30 bits per heavy atom. The van der Waals surface area contributed by atoms with Gasteiger partial charge in [0, 0.05) is 17.0 Å². The number of aryl methyl sites for hydroxylation is 2. The molecule has 0 saturated heterocycles. The fourth-order valence-electron chi connectivity index (χ4n) is 3.53. The summed E-state index contributed by atoms with van der Waals surface area (Å²) in [6.07, 6.45) is 4.63. The van der Waals surface area contributed by atoms with Crippen molar-refractivity contribution >= 4 is 27.5 Å². The van der Waals surface area contributed by atoms with Gasteiger partial charge in [-0.1, -0.05) is 0 Å². The van der Waals surface area contributed by atoms with Crippen molar-refractivity contribution in [3.8, 4) is 0 Å². The Morgan fingerprint density at radius 2 is 2.00 bits per heavy atom. The largest absolute Gasteiger partial charge is 0.336 e. The molecule has 2 aromatic heterocycles. The van der Waals surface area contributed by atoms with E-state index in [0.717, 1.165) is 35.0 Å². The summed E-state index contributed by atoms with van der Waals surface area (Å²) in [5, 5.41) is 0.735. The van der Waals surface area contributed by atoms with Crippen LogP contribution in [0.15, 0.2) is 11.1 Å². The zero-order chi connectivity index (χ0) is 16.7. The van der Waals surface area contributed by atoms with Crippen molar-refractivity contribution in [3.63, 3.8) is 0 Å². The standard InChI is InChI=1S/C17H23N3O2S/c1-10(2)20(11(3)4)14(21)8-19-9-18-16-15(17(19)22)12-6-5-7-13(12)23-16/h9-11H,5-8H2,1-4H3. The molecule has 0 spiro atoms. The van der Waals surface area contributed by atoms with Crippen molar-refractivity contribution in [2.75, 3.05) is 0 Å². The minimum atomic E-state index is -0.0739. The van der Waals surface area contributed by atoms with Gasteiger partial charge in [-0.3, -0.25) is 14.2 Å². The molecule has 0 fully saturated rings. The number of aromatic nitrogens is 2. The maximum Gasteiger partial charge on any atom is 0.262 e. The molecule has 3 rings (SSSR count). The highest BCUT2D eigenvalue weighted by molar-refractivity contribution is 7.18. The molecule has 0 N–H and O–H groups in total. The van der Waals surface area contributed by atoms with E-state index in [1.165, 1.54) is 15.8 Å². The average Bonchev–Trinajstić information content (AvgIpc) is 3.01. The molecule has 0 saturated carbocycles. The number of rotatable bonds is 4. The van der Waals surface area contributed by atoms with Crippen molar-refractivity contribution in [2.45, 2.75) is 65.6 Å². The van der Waals surface area contributed by atoms with E-state index >= 15 is 0 Å². The maximum atomic E-state index is 12.8. The Hall–Kier alpha value is -1.69. The average molecular weight is 333 g/mol. The Kier molecular flexibility index (Phi) is 4.27. The van der Waals surface area contributed by atoms with Gasteiger partial charge >= 0.3 is 0 Å². The number of fused-ring (bicyclic) bond motifs is 3. The topological polar surface area (TPSA) is 55.2 Å². The molecule has 0 aliphatic heterocycles. The first kappa shape index (κ1) is 16.2. The Morgan fingerprint density at radius 3 is 2.65 bits per heavy atom. The molecule has 0 radical (unpaired) electrons. The molecule has 124 valence electrons. The molecule has 0 atom stereocenters. The van der Waals surface area contributed by atoms with Crippen molar-refractivity contribution in [3.05, 3.63) is 27.1 Å². The summed E-state index contributed by atoms with van der Waals surface area (Å²) in [6.45, 7) is 8.03. The molecule has 0 unspecified atom stereocenters. The van der Waals surface area contributed by atoms with Crippen LogP contribution in [0, 0.1) is 0 Å². The van der Waals surface area contributed by atoms with Gasteiger partial charge in [0.1, 0.15) is 11.4 Å². The second-order valence-corrected chi connectivity index (χ2v) is 7.79. The Bertz CT molecular complexity index is 796. The summed E-state index contributed by atoms with van der Waals surface area (Å²) in [4.78, 5) is 33.7. The van der Waals surface area contributed by atoms with Crippen LogP contribution in [0.2, 0.25) is 0 Å². The lowest BCUT2D eigenvalue weighted by atomic mass is 10.2. The van der Waals surface area contributed by atoms with E-state index in [2.05, 4.69) is 4.98 Å². The van der Waals surface area contributed by atoms with E-state index in [4.69, 9.17) is 0 Å². The van der Waals surface area contributed by atoms with Gasteiger partial charge in [-0.25, -0.2) is 4.98 Å². The number of hydrogen-bond acceptors (Lipinski definition) is 4. The van der Waals surface area contributed by atoms with Crippen LogP contribution >= 0.6 is 11.3 Å². The predicted octanol–water partition coefficient (Wildman–Crippen LogP) is 2.59. The third kappa shape index (κ3) is 2.80. The molecule has 5 nitrogen and oxygen atoms in total. The summed E-state index contributed by atoms with van der Waals surface area (Å²) in [7, 11) is 0. The van der Waals surface area contributed by atoms with Crippen molar-refractivity contribution < 1.29 is 4.79 Å². The van der Waals surface area contributed by atoms with E-state index in [1.54, 1.807) is 11.3 Å². The quantitative estimate of drug-likeness (QED) is 0.864. The van der Waals surface area contributed by atoms with Gasteiger partial charge in [-0.2, -0.15) is 0 Å². The molecule has 0 aromatic carbocycles. The second kappa shape index (κ2) is 6.07. The summed E-state index contributed by atoms with van der Waals surface area (Å²) in [5.41, 5.74) is 1.09. The molecule has 0 bridgehead atoms. The third-order valence-electron chi connectivity index (χ3n) is 4.40. The van der Waals surface area contributed by atoms with Crippen LogP contribution < -0.4 is 5.56 Å². The second-order valence-electron chi connectivity index (χ2n) is 6.70. The van der Waals surface area contributed by atoms with Crippen LogP contribution in [0.4, 0.5) is 0 Å². The molecular weight excluding hydrogens is 310 g/mol. The van der Waals surface area contributed by atoms with Crippen LogP contribution in [0.1, 0.15) is 44.6 Å². The number of hydrogen-bond donors (Lipinski definition) is 0. The molecule has 6 heteroatoms. The van der Waals surface area contributed by atoms with Crippen LogP contribution in [0.3, 0.4) is 0 Å². The van der Waals surface area contributed by atoms with Gasteiger partial charge in [0.15, 0.2) is 0 Å². The summed E-state index contributed by atoms with van der Waals surface area (Å²) >= 11 is 1.62. The number of nitrogens with zero attached hydrogens (tertiary/aromatic N) is 3. The van der Waals surface area contributed by atoms with Gasteiger partial charge < -0.3 is 4.90 Å². The summed E-state index contributed by atoms with van der Waals surface area (Å²) < 4.78 is 1.47. The fourth-order valence-corrected chi connectivity index (χ4v) is 4.75. The van der Waals surface area contributed by atoms with Crippen molar-refractivity contribution in [1.82, 2.24) is 14.5 Å². The van der Waals surface area contributed by atoms with Crippen molar-refractivity contribution in [1.29, 1.82) is 0 Å². The smallest absolute Gasteiger partial charge is 0.262 e. The normalized spacial score (nSPS) is 14.0. The van der Waals surface area contributed by atoms with Gasteiger partial charge in [0.25, 0.3) is 5.56 Å². The van der Waals surface area contributed by atoms with E-state index in [1.807, 2.05) is 32.6 Å². The molecule has 1 aliphatic carbocycles. The van der Waals surface area contributed by atoms with Crippen LogP contribution in [-0.4, -0.2) is 32.4 Å². The minimum absolute atomic E-state index is 0.0369. The lowest BCUT2D eigenvalue weighted by Gasteiger charge is -2.30. The lowest BCUT2D eigenvalue weighted by molar-refractivity contribution is -0.135. The highest BCUT2D eigenvalue weighted by Gasteiger charge is 2.24. The third-order valence-corrected chi connectivity index (χ3v) is 5.60. The number of thiophene rings is 1. The lowest BCUT2D eigenvalue weighted by Crippen LogP contribution is -2.44. The van der Waals surface area contributed by atoms with Crippen LogP contribution in [0.25, 0.3) is 10.2 Å². The van der Waals surface area contributed by atoms with Crippen LogP contribution in [0.5, 0.6) is 0 Å². The first-order chi connectivity index (χ1) is 10.9. The SMILES string of the molecule is CC(C)N(C(=O)Cn1cnc2sc3c(c2c1=O)CCC3)C(C)C. The van der Waals surface area contributed by atoms with Crippen LogP contribution in [-0.2, 0) is 24.2 Å². The molecule has 23 heavy (non-hydrogen) atoms. The minimum Gasteiger partial charge on any atom is -0.336 e. The fraction of sp³-hybridized carbons (Fsp3) is 0.588. The molecule has 2 aromatic rings. The number of carbonyl (C=O) groups is 1. The van der Waals surface area contributed by atoms with Gasteiger partial charge in [-0.15, -0.1) is 11.3 Å². The van der Waals surface area contributed by atoms with Gasteiger partial charge in [0.05, 0.1) is 11.7 Å². The molecule has 1 aliphatic rings. The first-order valence-corrected chi connectivity index (χ1v) is 9.02. The summed E-state index contributed by atoms with van der Waals surface area (Å²) in [5.74, 6) is -0.0369. The zero-order valence-corrected chi connectivity index (χ0v) is 14.9. The Balaban J connectivity index is 1.96. The number of amides is 1. The molecule has 2 heterocycles. The van der Waals surface area contributed by atoms with E-state index in [0.29, 0.717) is 0 Å². The summed E-state index contributed by atoms with van der Waals surface area (Å²) in [6, 6.07) is 0.223. The van der Waals surface area contributed by atoms with E-state index < -0.39 is 0 Å².